The fraction of sp³-hybridized carbons (Fsp3) is 0.450. The molecule has 1 saturated carbocycles. The van der Waals surface area contributed by atoms with E-state index in [0.29, 0.717) is 6.42 Å². The molecule has 0 atom stereocenters. The van der Waals surface area contributed by atoms with Crippen molar-refractivity contribution in [2.24, 2.45) is 11.0 Å². The van der Waals surface area contributed by atoms with Crippen LogP contribution in [0.3, 0.4) is 0 Å². The lowest BCUT2D eigenvalue weighted by molar-refractivity contribution is -0.127. The fourth-order valence-corrected chi connectivity index (χ4v) is 4.28. The average molecular weight is 356 g/mol. The number of amides is 1. The van der Waals surface area contributed by atoms with Gasteiger partial charge in [-0.15, -0.1) is 11.3 Å². The predicted octanol–water partition coefficient (Wildman–Crippen LogP) is 4.67. The molecule has 1 aromatic carbocycles. The Labute approximate surface area is 152 Å². The van der Waals surface area contributed by atoms with Crippen LogP contribution in [-0.2, 0) is 9.59 Å². The molecule has 1 N–H and O–H groups in total. The number of rotatable bonds is 6. The zero-order valence-electron chi connectivity index (χ0n) is 14.4. The Morgan fingerprint density at radius 1 is 1.12 bits per heavy atom. The Morgan fingerprint density at radius 2 is 1.88 bits per heavy atom. The van der Waals surface area contributed by atoms with Gasteiger partial charge in [-0.05, 0) is 18.9 Å². The zero-order chi connectivity index (χ0) is 17.5. The lowest BCUT2D eigenvalue weighted by Crippen LogP contribution is -2.21. The summed E-state index contributed by atoms with van der Waals surface area (Å²) in [5.41, 5.74) is 3.53. The fourth-order valence-electron chi connectivity index (χ4n) is 3.37. The maximum atomic E-state index is 12.2. The van der Waals surface area contributed by atoms with Gasteiger partial charge >= 0.3 is 0 Å². The van der Waals surface area contributed by atoms with E-state index in [1.54, 1.807) is 17.6 Å². The van der Waals surface area contributed by atoms with Gasteiger partial charge in [-0.2, -0.15) is 5.10 Å². The summed E-state index contributed by atoms with van der Waals surface area (Å²) >= 11 is 1.66. The summed E-state index contributed by atoms with van der Waals surface area (Å²) in [6, 6.07) is 8.10. The molecular formula is C20H24N2O2S. The molecule has 25 heavy (non-hydrogen) atoms. The van der Waals surface area contributed by atoms with Crippen LogP contribution < -0.4 is 5.43 Å². The van der Waals surface area contributed by atoms with E-state index in [9.17, 15) is 9.59 Å². The molecular weight excluding hydrogens is 332 g/mol. The monoisotopic (exact) mass is 356 g/mol. The van der Waals surface area contributed by atoms with Gasteiger partial charge in [0.1, 0.15) is 5.78 Å². The molecule has 0 unspecified atom stereocenters. The summed E-state index contributed by atoms with van der Waals surface area (Å²) in [4.78, 5) is 24.2. The number of hydrogen-bond acceptors (Lipinski definition) is 4. The molecule has 0 aliphatic heterocycles. The third-order valence-electron chi connectivity index (χ3n) is 4.81. The van der Waals surface area contributed by atoms with Gasteiger partial charge in [-0.25, -0.2) is 5.43 Å². The first-order valence-electron chi connectivity index (χ1n) is 9.05. The predicted molar refractivity (Wildman–Crippen MR) is 103 cm³/mol. The van der Waals surface area contributed by atoms with Crippen LogP contribution in [0.2, 0.25) is 0 Å². The number of benzene rings is 1. The summed E-state index contributed by atoms with van der Waals surface area (Å²) in [6.07, 6.45) is 8.94. The number of fused-ring (bicyclic) bond motifs is 1. The topological polar surface area (TPSA) is 58.5 Å². The first kappa shape index (κ1) is 17.8. The van der Waals surface area contributed by atoms with Gasteiger partial charge in [0.2, 0.25) is 5.91 Å². The van der Waals surface area contributed by atoms with E-state index in [0.717, 1.165) is 36.6 Å². The minimum atomic E-state index is -0.197. The minimum Gasteiger partial charge on any atom is -0.299 e. The molecule has 2 aromatic rings. The number of ketones is 1. The van der Waals surface area contributed by atoms with E-state index in [1.165, 1.54) is 17.5 Å². The Morgan fingerprint density at radius 3 is 2.68 bits per heavy atom. The van der Waals surface area contributed by atoms with Crippen LogP contribution in [0.15, 0.2) is 34.7 Å². The van der Waals surface area contributed by atoms with E-state index >= 15 is 0 Å². The van der Waals surface area contributed by atoms with Gasteiger partial charge in [0, 0.05) is 39.8 Å². The Hall–Kier alpha value is -2.01. The quantitative estimate of drug-likeness (QED) is 0.464. The normalized spacial score (nSPS) is 16.2. The number of nitrogens with zero attached hydrogens (tertiary/aromatic N) is 1. The number of nitrogens with one attached hydrogen (secondary N) is 1. The number of carbonyl (C=O) groups excluding carboxylic acids is 2. The summed E-state index contributed by atoms with van der Waals surface area (Å²) in [5.74, 6) is 0.207. The van der Waals surface area contributed by atoms with Crippen LogP contribution in [0.1, 0.15) is 56.9 Å². The second-order valence-corrected chi connectivity index (χ2v) is 7.55. The van der Waals surface area contributed by atoms with Gasteiger partial charge in [0.05, 0.1) is 6.21 Å². The van der Waals surface area contributed by atoms with Crippen molar-refractivity contribution < 1.29 is 9.59 Å². The van der Waals surface area contributed by atoms with Crippen molar-refractivity contribution in [2.45, 2.75) is 51.4 Å². The van der Waals surface area contributed by atoms with Crippen molar-refractivity contribution in [3.05, 3.63) is 35.2 Å². The van der Waals surface area contributed by atoms with Crippen LogP contribution in [0.5, 0.6) is 0 Å². The molecule has 1 aromatic heterocycles. The molecule has 1 heterocycles. The third-order valence-corrected chi connectivity index (χ3v) is 5.79. The Kier molecular flexibility index (Phi) is 6.34. The van der Waals surface area contributed by atoms with Gasteiger partial charge in [0.25, 0.3) is 0 Å². The average Bonchev–Trinajstić information content (AvgIpc) is 2.85. The Balaban J connectivity index is 1.45. The van der Waals surface area contributed by atoms with Crippen LogP contribution in [-0.4, -0.2) is 17.9 Å². The zero-order valence-corrected chi connectivity index (χ0v) is 15.2. The van der Waals surface area contributed by atoms with Gasteiger partial charge in [0.15, 0.2) is 0 Å². The highest BCUT2D eigenvalue weighted by molar-refractivity contribution is 7.17. The van der Waals surface area contributed by atoms with E-state index < -0.39 is 0 Å². The van der Waals surface area contributed by atoms with Gasteiger partial charge < -0.3 is 0 Å². The minimum absolute atomic E-state index is 0.163. The summed E-state index contributed by atoms with van der Waals surface area (Å²) in [7, 11) is 0. The first-order valence-corrected chi connectivity index (χ1v) is 9.93. The number of hydrazone groups is 1. The number of Topliss-reactive ketones (excluding diaryl/α,β-unsaturated/α-hetero) is 1. The molecule has 3 rings (SSSR count). The molecule has 1 amide bonds. The second-order valence-electron chi connectivity index (χ2n) is 6.64. The van der Waals surface area contributed by atoms with E-state index in [-0.39, 0.29) is 24.0 Å². The highest BCUT2D eigenvalue weighted by Gasteiger charge is 2.20. The molecule has 1 aliphatic rings. The van der Waals surface area contributed by atoms with Crippen LogP contribution >= 0.6 is 11.3 Å². The standard InChI is InChI=1S/C20H24N2O2S/c23-18(15-7-3-1-2-4-8-15)11-12-20(24)22-21-13-16-14-25-19-10-6-5-9-17(16)19/h5-6,9-10,13-15H,1-4,7-8,11-12H2,(H,22,24)/b21-13+. The molecule has 132 valence electrons. The highest BCUT2D eigenvalue weighted by atomic mass is 32.1. The first-order chi connectivity index (χ1) is 12.2. The maximum absolute atomic E-state index is 12.2. The number of carbonyl (C=O) groups is 2. The van der Waals surface area contributed by atoms with E-state index in [1.807, 2.05) is 23.6 Å². The summed E-state index contributed by atoms with van der Waals surface area (Å²) in [5, 5.41) is 7.20. The van der Waals surface area contributed by atoms with Crippen molar-refractivity contribution in [1.82, 2.24) is 5.43 Å². The smallest absolute Gasteiger partial charge is 0.240 e. The van der Waals surface area contributed by atoms with Crippen molar-refractivity contribution in [1.29, 1.82) is 0 Å². The summed E-state index contributed by atoms with van der Waals surface area (Å²) in [6.45, 7) is 0. The number of thiophene rings is 1. The van der Waals surface area contributed by atoms with E-state index in [4.69, 9.17) is 0 Å². The lowest BCUT2D eigenvalue weighted by Gasteiger charge is -2.11. The maximum Gasteiger partial charge on any atom is 0.240 e. The van der Waals surface area contributed by atoms with Crippen LogP contribution in [0.25, 0.3) is 10.1 Å². The SMILES string of the molecule is O=C(CCC(=O)C1CCCCCC1)N/N=C/c1csc2ccccc12. The van der Waals surface area contributed by atoms with Gasteiger partial charge in [-0.3, -0.25) is 9.59 Å². The van der Waals surface area contributed by atoms with E-state index in [2.05, 4.69) is 16.6 Å². The second kappa shape index (κ2) is 8.90. The van der Waals surface area contributed by atoms with Crippen molar-refractivity contribution >= 4 is 39.3 Å². The molecule has 0 bridgehead atoms. The van der Waals surface area contributed by atoms with Crippen molar-refractivity contribution in [3.8, 4) is 0 Å². The van der Waals surface area contributed by atoms with Gasteiger partial charge in [-0.1, -0.05) is 43.9 Å². The molecule has 1 fully saturated rings. The van der Waals surface area contributed by atoms with Crippen molar-refractivity contribution in [3.63, 3.8) is 0 Å². The molecule has 4 nitrogen and oxygen atoms in total. The molecule has 1 aliphatic carbocycles. The van der Waals surface area contributed by atoms with Crippen LogP contribution in [0, 0.1) is 5.92 Å². The highest BCUT2D eigenvalue weighted by Crippen LogP contribution is 2.25. The summed E-state index contributed by atoms with van der Waals surface area (Å²) < 4.78 is 1.20. The lowest BCUT2D eigenvalue weighted by atomic mass is 9.93. The van der Waals surface area contributed by atoms with Crippen molar-refractivity contribution in [2.75, 3.05) is 0 Å². The molecule has 0 spiro atoms. The van der Waals surface area contributed by atoms with Crippen LogP contribution in [0.4, 0.5) is 0 Å². The largest absolute Gasteiger partial charge is 0.299 e. The number of hydrogen-bond donors (Lipinski definition) is 1. The third kappa shape index (κ3) is 4.98. The molecule has 5 heteroatoms. The molecule has 0 saturated heterocycles. The Bertz CT molecular complexity index is 758. The molecule has 0 radical (unpaired) electrons.